The summed E-state index contributed by atoms with van der Waals surface area (Å²) in [4.78, 5) is 20.9. The van der Waals surface area contributed by atoms with E-state index in [-0.39, 0.29) is 17.9 Å². The minimum atomic E-state index is -0.247. The Hall–Kier alpha value is -2.71. The summed E-state index contributed by atoms with van der Waals surface area (Å²) in [6, 6.07) is 9.01. The van der Waals surface area contributed by atoms with Crippen molar-refractivity contribution in [3.05, 3.63) is 52.8 Å². The number of rotatable bonds is 3. The van der Waals surface area contributed by atoms with Crippen LogP contribution in [0.15, 0.2) is 30.3 Å². The lowest BCUT2D eigenvalue weighted by atomic mass is 9.92. The molecule has 28 heavy (non-hydrogen) atoms. The normalized spacial score (nSPS) is 23.6. The van der Waals surface area contributed by atoms with Crippen LogP contribution in [-0.2, 0) is 6.54 Å². The van der Waals surface area contributed by atoms with Gasteiger partial charge in [0.15, 0.2) is 0 Å². The summed E-state index contributed by atoms with van der Waals surface area (Å²) < 4.78 is 19.6. The van der Waals surface area contributed by atoms with E-state index in [1.165, 1.54) is 6.07 Å². The van der Waals surface area contributed by atoms with E-state index < -0.39 is 0 Å². The van der Waals surface area contributed by atoms with Gasteiger partial charge in [0, 0.05) is 37.7 Å². The number of nitrogens with one attached hydrogen (secondary N) is 2. The van der Waals surface area contributed by atoms with Gasteiger partial charge in [-0.05, 0) is 36.2 Å². The Kier molecular flexibility index (Phi) is 4.17. The van der Waals surface area contributed by atoms with Crippen LogP contribution < -0.4 is 20.5 Å². The molecule has 2 aromatic rings. The van der Waals surface area contributed by atoms with Gasteiger partial charge in [0.05, 0.1) is 6.04 Å². The molecule has 0 radical (unpaired) electrons. The summed E-state index contributed by atoms with van der Waals surface area (Å²) in [5.41, 5.74) is 8.85. The SMILES string of the molecule is Cc1c(F)cccc1CN1CCN(c2ccc3c(n2)OCC2NNCC32)C1=O. The summed E-state index contributed by atoms with van der Waals surface area (Å²) in [5, 5.41) is 0. The van der Waals surface area contributed by atoms with Crippen LogP contribution in [0.25, 0.3) is 0 Å². The molecule has 2 fully saturated rings. The maximum absolute atomic E-state index is 13.8. The smallest absolute Gasteiger partial charge is 0.326 e. The van der Waals surface area contributed by atoms with E-state index >= 15 is 0 Å². The van der Waals surface area contributed by atoms with Crippen molar-refractivity contribution >= 4 is 11.8 Å². The van der Waals surface area contributed by atoms with Crippen LogP contribution in [0.4, 0.5) is 15.0 Å². The van der Waals surface area contributed by atoms with Crippen molar-refractivity contribution in [1.29, 1.82) is 0 Å². The third-order valence-corrected chi connectivity index (χ3v) is 5.88. The lowest BCUT2D eigenvalue weighted by Gasteiger charge is -2.27. The zero-order valence-corrected chi connectivity index (χ0v) is 15.6. The first kappa shape index (κ1) is 17.4. The van der Waals surface area contributed by atoms with E-state index in [2.05, 4.69) is 15.8 Å². The molecule has 2 unspecified atom stereocenters. The van der Waals surface area contributed by atoms with Gasteiger partial charge in [-0.25, -0.2) is 9.18 Å². The van der Waals surface area contributed by atoms with Crippen molar-refractivity contribution in [2.24, 2.45) is 0 Å². The predicted molar refractivity (Wildman–Crippen MR) is 102 cm³/mol. The number of carbonyl (C=O) groups excluding carboxylic acids is 1. The standard InChI is InChI=1S/C20H22FN5O2/c1-12-13(3-2-4-16(12)21)10-25-7-8-26(20(25)27)18-6-5-14-15-9-22-24-17(15)11-28-19(14)23-18/h2-6,15,17,22,24H,7-11H2,1H3. The lowest BCUT2D eigenvalue weighted by Crippen LogP contribution is -2.39. The number of hydrogen-bond acceptors (Lipinski definition) is 5. The monoisotopic (exact) mass is 383 g/mol. The molecular weight excluding hydrogens is 361 g/mol. The second kappa shape index (κ2) is 6.72. The molecule has 0 bridgehead atoms. The Bertz CT molecular complexity index is 937. The number of pyridine rings is 1. The Morgan fingerprint density at radius 1 is 1.29 bits per heavy atom. The Balaban J connectivity index is 1.35. The number of nitrogens with zero attached hydrogens (tertiary/aromatic N) is 3. The van der Waals surface area contributed by atoms with E-state index in [9.17, 15) is 9.18 Å². The molecule has 2 N–H and O–H groups in total. The molecule has 1 aromatic heterocycles. The lowest BCUT2D eigenvalue weighted by molar-refractivity contribution is 0.218. The number of hydrogen-bond donors (Lipinski definition) is 2. The number of fused-ring (bicyclic) bond motifs is 3. The van der Waals surface area contributed by atoms with Gasteiger partial charge in [0.2, 0.25) is 5.88 Å². The van der Waals surface area contributed by atoms with E-state index in [1.54, 1.807) is 22.8 Å². The summed E-state index contributed by atoms with van der Waals surface area (Å²) in [5.74, 6) is 1.28. The van der Waals surface area contributed by atoms with Crippen LogP contribution in [-0.4, -0.2) is 48.2 Å². The molecule has 0 aliphatic carbocycles. The summed E-state index contributed by atoms with van der Waals surface area (Å²) in [6.07, 6.45) is 0. The minimum absolute atomic E-state index is 0.117. The molecule has 2 amide bonds. The van der Waals surface area contributed by atoms with Crippen molar-refractivity contribution in [2.75, 3.05) is 31.1 Å². The van der Waals surface area contributed by atoms with E-state index in [1.807, 2.05) is 18.2 Å². The summed E-state index contributed by atoms with van der Waals surface area (Å²) in [6.45, 7) is 4.65. The molecule has 146 valence electrons. The van der Waals surface area contributed by atoms with Crippen molar-refractivity contribution in [3.8, 4) is 5.88 Å². The fourth-order valence-electron chi connectivity index (χ4n) is 4.16. The first-order valence-electron chi connectivity index (χ1n) is 9.54. The summed E-state index contributed by atoms with van der Waals surface area (Å²) in [7, 11) is 0. The van der Waals surface area contributed by atoms with Crippen molar-refractivity contribution < 1.29 is 13.9 Å². The molecule has 3 aliphatic heterocycles. The number of amides is 2. The van der Waals surface area contributed by atoms with Gasteiger partial charge < -0.3 is 9.64 Å². The van der Waals surface area contributed by atoms with Gasteiger partial charge in [-0.2, -0.15) is 4.98 Å². The van der Waals surface area contributed by atoms with Crippen LogP contribution in [0.3, 0.4) is 0 Å². The number of aromatic nitrogens is 1. The van der Waals surface area contributed by atoms with Crippen LogP contribution in [0.5, 0.6) is 5.88 Å². The van der Waals surface area contributed by atoms with Crippen molar-refractivity contribution in [2.45, 2.75) is 25.4 Å². The van der Waals surface area contributed by atoms with Crippen LogP contribution in [0, 0.1) is 12.7 Å². The molecule has 8 heteroatoms. The van der Waals surface area contributed by atoms with Gasteiger partial charge in [0.25, 0.3) is 0 Å². The van der Waals surface area contributed by atoms with E-state index in [0.717, 1.165) is 17.7 Å². The maximum Gasteiger partial charge on any atom is 0.326 e. The van der Waals surface area contributed by atoms with Gasteiger partial charge >= 0.3 is 6.03 Å². The zero-order valence-electron chi connectivity index (χ0n) is 15.6. The fourth-order valence-corrected chi connectivity index (χ4v) is 4.16. The second-order valence-electron chi connectivity index (χ2n) is 7.49. The highest BCUT2D eigenvalue weighted by Gasteiger charge is 2.37. The average molecular weight is 383 g/mol. The topological polar surface area (TPSA) is 69.7 Å². The number of carbonyl (C=O) groups is 1. The highest BCUT2D eigenvalue weighted by Crippen LogP contribution is 2.35. The molecule has 3 aliphatic rings. The van der Waals surface area contributed by atoms with Gasteiger partial charge in [-0.3, -0.25) is 15.8 Å². The number of anilines is 1. The molecule has 4 heterocycles. The van der Waals surface area contributed by atoms with E-state index in [0.29, 0.717) is 49.4 Å². The van der Waals surface area contributed by atoms with E-state index in [4.69, 9.17) is 4.74 Å². The summed E-state index contributed by atoms with van der Waals surface area (Å²) >= 11 is 0. The number of halogens is 1. The largest absolute Gasteiger partial charge is 0.476 e. The highest BCUT2D eigenvalue weighted by molar-refractivity contribution is 5.93. The van der Waals surface area contributed by atoms with Crippen LogP contribution in [0.2, 0.25) is 0 Å². The van der Waals surface area contributed by atoms with Gasteiger partial charge in [-0.15, -0.1) is 0 Å². The van der Waals surface area contributed by atoms with Crippen molar-refractivity contribution in [3.63, 3.8) is 0 Å². The molecule has 0 saturated carbocycles. The molecule has 2 atom stereocenters. The Morgan fingerprint density at radius 2 is 2.18 bits per heavy atom. The maximum atomic E-state index is 13.8. The third kappa shape index (κ3) is 2.80. The minimum Gasteiger partial charge on any atom is -0.476 e. The van der Waals surface area contributed by atoms with Gasteiger partial charge in [-0.1, -0.05) is 12.1 Å². The molecular formula is C20H22FN5O2. The number of benzene rings is 1. The molecule has 2 saturated heterocycles. The second-order valence-corrected chi connectivity index (χ2v) is 7.49. The van der Waals surface area contributed by atoms with Gasteiger partial charge in [0.1, 0.15) is 18.2 Å². The van der Waals surface area contributed by atoms with Crippen LogP contribution in [0.1, 0.15) is 22.6 Å². The Labute approximate surface area is 162 Å². The number of ether oxygens (including phenoxy) is 1. The number of urea groups is 1. The Morgan fingerprint density at radius 3 is 3.07 bits per heavy atom. The molecule has 7 nitrogen and oxygen atoms in total. The molecule has 1 aromatic carbocycles. The first-order chi connectivity index (χ1) is 13.6. The van der Waals surface area contributed by atoms with Crippen molar-refractivity contribution in [1.82, 2.24) is 20.7 Å². The quantitative estimate of drug-likeness (QED) is 0.848. The average Bonchev–Trinajstić information content (AvgIpc) is 3.32. The molecule has 0 spiro atoms. The van der Waals surface area contributed by atoms with Crippen LogP contribution >= 0.6 is 0 Å². The zero-order chi connectivity index (χ0) is 19.3. The highest BCUT2D eigenvalue weighted by atomic mass is 19.1. The molecule has 5 rings (SSSR count). The first-order valence-corrected chi connectivity index (χ1v) is 9.54. The fraction of sp³-hybridized carbons (Fsp3) is 0.400. The number of hydrazine groups is 1. The third-order valence-electron chi connectivity index (χ3n) is 5.88. The predicted octanol–water partition coefficient (Wildman–Crippen LogP) is 1.92.